The van der Waals surface area contributed by atoms with Gasteiger partial charge in [-0.2, -0.15) is 13.2 Å². The predicted molar refractivity (Wildman–Crippen MR) is 88.0 cm³/mol. The number of aromatic nitrogens is 2. The van der Waals surface area contributed by atoms with Crippen molar-refractivity contribution in [2.75, 3.05) is 5.32 Å². The normalized spacial score (nSPS) is 12.0. The molecule has 2 aromatic carbocycles. The first-order chi connectivity index (χ1) is 11.8. The van der Waals surface area contributed by atoms with Crippen molar-refractivity contribution in [3.63, 3.8) is 0 Å². The number of fused-ring (bicyclic) bond motifs is 1. The largest absolute Gasteiger partial charge is 0.416 e. The number of anilines is 1. The molecule has 128 valence electrons. The van der Waals surface area contributed by atoms with Gasteiger partial charge in [0, 0.05) is 11.8 Å². The zero-order chi connectivity index (χ0) is 18.0. The van der Waals surface area contributed by atoms with Gasteiger partial charge in [0.05, 0.1) is 16.6 Å². The summed E-state index contributed by atoms with van der Waals surface area (Å²) in [6.07, 6.45) is -1.77. The van der Waals surface area contributed by atoms with Crippen LogP contribution in [0.2, 0.25) is 0 Å². The molecule has 0 atom stereocenters. The number of benzene rings is 2. The lowest BCUT2D eigenvalue weighted by molar-refractivity contribution is -0.137. The fourth-order valence-electron chi connectivity index (χ4n) is 2.25. The number of carbonyl (C=O) groups is 1. The van der Waals surface area contributed by atoms with Gasteiger partial charge in [0.15, 0.2) is 0 Å². The van der Waals surface area contributed by atoms with Crippen LogP contribution in [-0.2, 0) is 11.0 Å². The van der Waals surface area contributed by atoms with Crippen molar-refractivity contribution in [2.24, 2.45) is 0 Å². The van der Waals surface area contributed by atoms with E-state index in [0.29, 0.717) is 22.3 Å². The summed E-state index contributed by atoms with van der Waals surface area (Å²) in [6.45, 7) is 0. The van der Waals surface area contributed by atoms with Crippen LogP contribution in [-0.4, -0.2) is 15.9 Å². The molecule has 1 heterocycles. The highest BCUT2D eigenvalue weighted by Crippen LogP contribution is 2.29. The SMILES string of the molecule is O=C(C=Cc1ccc(C(F)(F)F)cc1)Nc1ccc2[nH]c(=O)[nH]c2c1. The first-order valence-electron chi connectivity index (χ1n) is 7.20. The summed E-state index contributed by atoms with van der Waals surface area (Å²) in [5, 5.41) is 2.61. The maximum absolute atomic E-state index is 12.5. The Morgan fingerprint density at radius 1 is 1.00 bits per heavy atom. The Hall–Kier alpha value is -3.29. The Labute approximate surface area is 139 Å². The number of alkyl halides is 3. The zero-order valence-corrected chi connectivity index (χ0v) is 12.6. The molecule has 5 nitrogen and oxygen atoms in total. The number of carbonyl (C=O) groups excluding carboxylic acids is 1. The minimum Gasteiger partial charge on any atom is -0.322 e. The van der Waals surface area contributed by atoms with Crippen LogP contribution in [0, 0.1) is 0 Å². The number of H-pyrrole nitrogens is 2. The Bertz CT molecular complexity index is 998. The molecule has 3 aromatic rings. The van der Waals surface area contributed by atoms with Crippen LogP contribution >= 0.6 is 0 Å². The third-order valence-electron chi connectivity index (χ3n) is 3.45. The van der Waals surface area contributed by atoms with Gasteiger partial charge in [0.2, 0.25) is 5.91 Å². The number of halogens is 3. The Balaban J connectivity index is 1.68. The van der Waals surface area contributed by atoms with Gasteiger partial charge in [-0.3, -0.25) is 4.79 Å². The number of hydrogen-bond donors (Lipinski definition) is 3. The van der Waals surface area contributed by atoms with Crippen molar-refractivity contribution in [3.8, 4) is 0 Å². The third-order valence-corrected chi connectivity index (χ3v) is 3.45. The van der Waals surface area contributed by atoms with E-state index >= 15 is 0 Å². The molecule has 0 unspecified atom stereocenters. The highest BCUT2D eigenvalue weighted by atomic mass is 19.4. The van der Waals surface area contributed by atoms with Crippen LogP contribution in [0.15, 0.2) is 53.3 Å². The first-order valence-corrected chi connectivity index (χ1v) is 7.20. The van der Waals surface area contributed by atoms with Gasteiger partial charge < -0.3 is 15.3 Å². The number of imidazole rings is 1. The van der Waals surface area contributed by atoms with E-state index in [-0.39, 0.29) is 5.69 Å². The second kappa shape index (κ2) is 6.31. The van der Waals surface area contributed by atoms with E-state index in [1.807, 2.05) is 0 Å². The molecule has 3 rings (SSSR count). The molecule has 0 aliphatic rings. The van der Waals surface area contributed by atoms with Crippen molar-refractivity contribution >= 4 is 28.7 Å². The Morgan fingerprint density at radius 2 is 1.68 bits per heavy atom. The third kappa shape index (κ3) is 3.97. The van der Waals surface area contributed by atoms with Crippen molar-refractivity contribution < 1.29 is 18.0 Å². The molecule has 0 radical (unpaired) electrons. The molecular formula is C17H12F3N3O2. The van der Waals surface area contributed by atoms with Gasteiger partial charge in [0.25, 0.3) is 0 Å². The topological polar surface area (TPSA) is 77.8 Å². The molecular weight excluding hydrogens is 335 g/mol. The second-order valence-electron chi connectivity index (χ2n) is 5.28. The summed E-state index contributed by atoms with van der Waals surface area (Å²) in [6, 6.07) is 9.32. The average molecular weight is 347 g/mol. The van der Waals surface area contributed by atoms with Crippen molar-refractivity contribution in [2.45, 2.75) is 6.18 Å². The summed E-state index contributed by atoms with van der Waals surface area (Å²) >= 11 is 0. The van der Waals surface area contributed by atoms with Gasteiger partial charge in [-0.1, -0.05) is 12.1 Å². The van der Waals surface area contributed by atoms with E-state index < -0.39 is 17.6 Å². The Morgan fingerprint density at radius 3 is 2.36 bits per heavy atom. The van der Waals surface area contributed by atoms with E-state index in [1.165, 1.54) is 24.3 Å². The molecule has 0 aliphatic heterocycles. The average Bonchev–Trinajstić information content (AvgIpc) is 2.92. The van der Waals surface area contributed by atoms with Crippen molar-refractivity contribution in [1.29, 1.82) is 0 Å². The van der Waals surface area contributed by atoms with Gasteiger partial charge in [-0.05, 0) is 42.0 Å². The quantitative estimate of drug-likeness (QED) is 0.634. The molecule has 0 bridgehead atoms. The number of amides is 1. The molecule has 1 aromatic heterocycles. The predicted octanol–water partition coefficient (Wildman–Crippen LogP) is 3.53. The number of hydrogen-bond acceptors (Lipinski definition) is 2. The van der Waals surface area contributed by atoms with Crippen molar-refractivity contribution in [3.05, 3.63) is 70.2 Å². The van der Waals surface area contributed by atoms with Crippen LogP contribution in [0.25, 0.3) is 17.1 Å². The van der Waals surface area contributed by atoms with Crippen LogP contribution in [0.4, 0.5) is 18.9 Å². The molecule has 8 heteroatoms. The maximum atomic E-state index is 12.5. The highest BCUT2D eigenvalue weighted by Gasteiger charge is 2.29. The van der Waals surface area contributed by atoms with E-state index in [2.05, 4.69) is 15.3 Å². The van der Waals surface area contributed by atoms with Gasteiger partial charge in [-0.25, -0.2) is 4.79 Å². The molecule has 0 saturated heterocycles. The van der Waals surface area contributed by atoms with E-state index in [9.17, 15) is 22.8 Å². The standard InChI is InChI=1S/C17H12F3N3O2/c18-17(19,20)11-4-1-10(2-5-11)3-8-15(24)21-12-6-7-13-14(9-12)23-16(25)22-13/h1-9H,(H,21,24)(H2,22,23,25). The van der Waals surface area contributed by atoms with Crippen LogP contribution in [0.3, 0.4) is 0 Å². The van der Waals surface area contributed by atoms with E-state index in [4.69, 9.17) is 0 Å². The molecule has 0 spiro atoms. The summed E-state index contributed by atoms with van der Waals surface area (Å²) in [4.78, 5) is 28.2. The van der Waals surface area contributed by atoms with Gasteiger partial charge in [0.1, 0.15) is 0 Å². The summed E-state index contributed by atoms with van der Waals surface area (Å²) in [5.74, 6) is -0.447. The molecule has 1 amide bonds. The second-order valence-corrected chi connectivity index (χ2v) is 5.28. The first kappa shape index (κ1) is 16.6. The lowest BCUT2D eigenvalue weighted by Crippen LogP contribution is -2.07. The van der Waals surface area contributed by atoms with Gasteiger partial charge >= 0.3 is 11.9 Å². The fraction of sp³-hybridized carbons (Fsp3) is 0.0588. The zero-order valence-electron chi connectivity index (χ0n) is 12.6. The van der Waals surface area contributed by atoms with Crippen LogP contribution < -0.4 is 11.0 Å². The number of nitrogens with one attached hydrogen (secondary N) is 3. The maximum Gasteiger partial charge on any atom is 0.416 e. The molecule has 0 aliphatic carbocycles. The van der Waals surface area contributed by atoms with Gasteiger partial charge in [-0.15, -0.1) is 0 Å². The van der Waals surface area contributed by atoms with Crippen LogP contribution in [0.1, 0.15) is 11.1 Å². The van der Waals surface area contributed by atoms with E-state index in [1.54, 1.807) is 18.2 Å². The lowest BCUT2D eigenvalue weighted by Gasteiger charge is -2.06. The minimum absolute atomic E-state index is 0.347. The number of aromatic amines is 2. The molecule has 25 heavy (non-hydrogen) atoms. The van der Waals surface area contributed by atoms with Crippen LogP contribution in [0.5, 0.6) is 0 Å². The summed E-state index contributed by atoms with van der Waals surface area (Å²) in [5.41, 5.74) is 1.01. The minimum atomic E-state index is -4.39. The smallest absolute Gasteiger partial charge is 0.322 e. The fourth-order valence-corrected chi connectivity index (χ4v) is 2.25. The molecule has 0 fully saturated rings. The Kier molecular flexibility index (Phi) is 4.18. The summed E-state index contributed by atoms with van der Waals surface area (Å²) in [7, 11) is 0. The monoisotopic (exact) mass is 347 g/mol. The lowest BCUT2D eigenvalue weighted by atomic mass is 10.1. The molecule has 0 saturated carbocycles. The highest BCUT2D eigenvalue weighted by molar-refractivity contribution is 6.02. The van der Waals surface area contributed by atoms with E-state index in [0.717, 1.165) is 12.1 Å². The van der Waals surface area contributed by atoms with Crippen molar-refractivity contribution in [1.82, 2.24) is 9.97 Å². The number of rotatable bonds is 3. The summed E-state index contributed by atoms with van der Waals surface area (Å²) < 4.78 is 37.4. The molecule has 3 N–H and O–H groups in total.